The van der Waals surface area contributed by atoms with Gasteiger partial charge in [0, 0.05) is 11.0 Å². The number of hydrogen-bond donors (Lipinski definition) is 1. The summed E-state index contributed by atoms with van der Waals surface area (Å²) in [6.07, 6.45) is 1.27. The van der Waals surface area contributed by atoms with Crippen LogP contribution in [0.25, 0.3) is 0 Å². The highest BCUT2D eigenvalue weighted by Gasteiger charge is 2.42. The van der Waals surface area contributed by atoms with E-state index in [9.17, 15) is 29.2 Å². The van der Waals surface area contributed by atoms with E-state index in [1.807, 2.05) is 0 Å². The van der Waals surface area contributed by atoms with E-state index in [4.69, 9.17) is 9.47 Å². The van der Waals surface area contributed by atoms with E-state index < -0.39 is 41.1 Å². The lowest BCUT2D eigenvalue weighted by Crippen LogP contribution is -2.35. The first-order valence-electron chi connectivity index (χ1n) is 7.81. The molecule has 2 rings (SSSR count). The van der Waals surface area contributed by atoms with Crippen LogP contribution in [0.5, 0.6) is 5.75 Å². The lowest BCUT2D eigenvalue weighted by molar-refractivity contribution is -0.484. The van der Waals surface area contributed by atoms with Crippen molar-refractivity contribution >= 4 is 11.9 Å². The number of halogens is 1. The number of aryl methyl sites for hydroxylation is 1. The van der Waals surface area contributed by atoms with E-state index in [1.165, 1.54) is 13.0 Å². The average Bonchev–Trinajstić information content (AvgIpc) is 2.53. The summed E-state index contributed by atoms with van der Waals surface area (Å²) in [6, 6.07) is 2.44. The van der Waals surface area contributed by atoms with Crippen LogP contribution in [0.2, 0.25) is 0 Å². The van der Waals surface area contributed by atoms with Crippen LogP contribution in [0.3, 0.4) is 0 Å². The normalized spacial score (nSPS) is 15.4. The van der Waals surface area contributed by atoms with E-state index >= 15 is 0 Å². The number of aliphatic carboxylic acids is 1. The zero-order valence-electron chi connectivity index (χ0n) is 13.6. The van der Waals surface area contributed by atoms with E-state index in [-0.39, 0.29) is 12.2 Å². The zero-order chi connectivity index (χ0) is 18.6. The SMILES string of the molecule is CCOC(=O)C(C(=O)O)C(C[N+](=O)[O-])c1cc2c(cc1F)OCCC2. The maximum absolute atomic E-state index is 14.5. The molecule has 0 amide bonds. The molecule has 0 spiro atoms. The van der Waals surface area contributed by atoms with Crippen molar-refractivity contribution < 1.29 is 33.5 Å². The van der Waals surface area contributed by atoms with E-state index in [2.05, 4.69) is 0 Å². The van der Waals surface area contributed by atoms with Gasteiger partial charge in [-0.1, -0.05) is 0 Å². The van der Waals surface area contributed by atoms with Gasteiger partial charge in [-0.15, -0.1) is 0 Å². The van der Waals surface area contributed by atoms with Crippen molar-refractivity contribution in [1.29, 1.82) is 0 Å². The van der Waals surface area contributed by atoms with Crippen molar-refractivity contribution in [3.8, 4) is 5.75 Å². The van der Waals surface area contributed by atoms with Gasteiger partial charge in [0.05, 0.1) is 19.1 Å². The Morgan fingerprint density at radius 1 is 1.48 bits per heavy atom. The van der Waals surface area contributed by atoms with Gasteiger partial charge in [-0.3, -0.25) is 19.7 Å². The number of ether oxygens (including phenoxy) is 2. The minimum atomic E-state index is -1.87. The highest BCUT2D eigenvalue weighted by molar-refractivity contribution is 5.95. The van der Waals surface area contributed by atoms with Gasteiger partial charge in [0.25, 0.3) is 0 Å². The van der Waals surface area contributed by atoms with Crippen LogP contribution >= 0.6 is 0 Å². The molecule has 1 aromatic rings. The first kappa shape index (κ1) is 18.6. The average molecular weight is 355 g/mol. The molecule has 136 valence electrons. The van der Waals surface area contributed by atoms with Gasteiger partial charge >= 0.3 is 11.9 Å². The van der Waals surface area contributed by atoms with Crippen LogP contribution in [0.15, 0.2) is 12.1 Å². The first-order chi connectivity index (χ1) is 11.8. The number of carboxylic acids is 1. The van der Waals surface area contributed by atoms with Crippen molar-refractivity contribution in [3.63, 3.8) is 0 Å². The number of hydrogen-bond acceptors (Lipinski definition) is 6. The van der Waals surface area contributed by atoms with Crippen molar-refractivity contribution in [1.82, 2.24) is 0 Å². The number of carbonyl (C=O) groups is 2. The molecule has 1 aliphatic rings. The Balaban J connectivity index is 2.50. The molecule has 0 saturated heterocycles. The molecule has 2 atom stereocenters. The Labute approximate surface area is 142 Å². The molecule has 1 aliphatic heterocycles. The Hall–Kier alpha value is -2.71. The summed E-state index contributed by atoms with van der Waals surface area (Å²) in [5, 5.41) is 20.4. The third kappa shape index (κ3) is 4.23. The van der Waals surface area contributed by atoms with Gasteiger partial charge in [-0.05, 0) is 37.0 Å². The minimum Gasteiger partial charge on any atom is -0.493 e. The number of carboxylic acid groups (broad SMARTS) is 1. The van der Waals surface area contributed by atoms with Crippen LogP contribution in [0, 0.1) is 21.8 Å². The summed E-state index contributed by atoms with van der Waals surface area (Å²) in [7, 11) is 0. The molecular weight excluding hydrogens is 337 g/mol. The number of nitrogens with zero attached hydrogens (tertiary/aromatic N) is 1. The molecule has 0 saturated carbocycles. The molecule has 0 fully saturated rings. The lowest BCUT2D eigenvalue weighted by atomic mass is 9.84. The van der Waals surface area contributed by atoms with Crippen molar-refractivity contribution in [3.05, 3.63) is 39.2 Å². The number of esters is 1. The summed E-state index contributed by atoms with van der Waals surface area (Å²) >= 11 is 0. The lowest BCUT2D eigenvalue weighted by Gasteiger charge is -2.23. The summed E-state index contributed by atoms with van der Waals surface area (Å²) < 4.78 is 24.5. The molecular formula is C16H18FNO7. The van der Waals surface area contributed by atoms with Crippen LogP contribution in [0.1, 0.15) is 30.4 Å². The van der Waals surface area contributed by atoms with E-state index in [0.717, 1.165) is 6.07 Å². The van der Waals surface area contributed by atoms with Gasteiger partial charge in [0.1, 0.15) is 11.6 Å². The van der Waals surface area contributed by atoms with Gasteiger partial charge < -0.3 is 14.6 Å². The fraction of sp³-hybridized carbons (Fsp3) is 0.500. The molecule has 2 unspecified atom stereocenters. The monoisotopic (exact) mass is 355 g/mol. The summed E-state index contributed by atoms with van der Waals surface area (Å²) in [5.41, 5.74) is 0.436. The number of carbonyl (C=O) groups excluding carboxylic acids is 1. The molecule has 9 heteroatoms. The Morgan fingerprint density at radius 3 is 2.80 bits per heavy atom. The molecule has 1 heterocycles. The maximum atomic E-state index is 14.5. The molecule has 0 aliphatic carbocycles. The van der Waals surface area contributed by atoms with E-state index in [1.54, 1.807) is 0 Å². The predicted octanol–water partition coefficient (Wildman–Crippen LogP) is 1.77. The number of fused-ring (bicyclic) bond motifs is 1. The predicted molar refractivity (Wildman–Crippen MR) is 82.6 cm³/mol. The zero-order valence-corrected chi connectivity index (χ0v) is 13.6. The maximum Gasteiger partial charge on any atom is 0.321 e. The van der Waals surface area contributed by atoms with Crippen molar-refractivity contribution in [2.24, 2.45) is 5.92 Å². The summed E-state index contributed by atoms with van der Waals surface area (Å²) in [5.74, 6) is -6.60. The third-order valence-electron chi connectivity index (χ3n) is 3.98. The highest BCUT2D eigenvalue weighted by atomic mass is 19.1. The minimum absolute atomic E-state index is 0.0890. The van der Waals surface area contributed by atoms with Gasteiger partial charge in [-0.25, -0.2) is 4.39 Å². The first-order valence-corrected chi connectivity index (χ1v) is 7.81. The fourth-order valence-electron chi connectivity index (χ4n) is 2.89. The number of rotatable bonds is 7. The molecule has 0 aromatic heterocycles. The molecule has 1 N–H and O–H groups in total. The van der Waals surface area contributed by atoms with Crippen LogP contribution in [-0.2, 0) is 20.7 Å². The topological polar surface area (TPSA) is 116 Å². The van der Waals surface area contributed by atoms with Gasteiger partial charge in [-0.2, -0.15) is 0 Å². The van der Waals surface area contributed by atoms with Gasteiger partial charge in [0.15, 0.2) is 5.92 Å². The second kappa shape index (κ2) is 7.91. The second-order valence-electron chi connectivity index (χ2n) is 5.62. The molecule has 25 heavy (non-hydrogen) atoms. The molecule has 0 bridgehead atoms. The smallest absolute Gasteiger partial charge is 0.321 e. The molecule has 0 radical (unpaired) electrons. The van der Waals surface area contributed by atoms with Crippen LogP contribution < -0.4 is 4.74 Å². The van der Waals surface area contributed by atoms with Crippen molar-refractivity contribution in [2.75, 3.05) is 19.8 Å². The van der Waals surface area contributed by atoms with Gasteiger partial charge in [0.2, 0.25) is 6.54 Å². The summed E-state index contributed by atoms with van der Waals surface area (Å²) in [6.45, 7) is 0.918. The summed E-state index contributed by atoms with van der Waals surface area (Å²) in [4.78, 5) is 33.8. The van der Waals surface area contributed by atoms with Crippen LogP contribution in [0.4, 0.5) is 4.39 Å². The Kier molecular flexibility index (Phi) is 5.89. The molecule has 8 nitrogen and oxygen atoms in total. The van der Waals surface area contributed by atoms with Crippen LogP contribution in [-0.4, -0.2) is 41.7 Å². The third-order valence-corrected chi connectivity index (χ3v) is 3.98. The fourth-order valence-corrected chi connectivity index (χ4v) is 2.89. The number of benzene rings is 1. The Bertz CT molecular complexity index is 691. The molecule has 1 aromatic carbocycles. The second-order valence-corrected chi connectivity index (χ2v) is 5.62. The largest absolute Gasteiger partial charge is 0.493 e. The highest BCUT2D eigenvalue weighted by Crippen LogP contribution is 2.35. The standard InChI is InChI=1S/C16H18FNO7/c1-2-24-16(21)14(15(19)20)11(8-18(22)23)10-6-9-4-3-5-25-13(9)7-12(10)17/h6-7,11,14H,2-5,8H2,1H3,(H,19,20). The van der Waals surface area contributed by atoms with Crippen molar-refractivity contribution in [2.45, 2.75) is 25.7 Å². The van der Waals surface area contributed by atoms with E-state index in [0.29, 0.717) is 30.8 Å². The Morgan fingerprint density at radius 2 is 2.20 bits per heavy atom. The quantitative estimate of drug-likeness (QED) is 0.343. The number of nitro groups is 1.